The predicted octanol–water partition coefficient (Wildman–Crippen LogP) is 6.06. The number of nitrogens with zero attached hydrogens (tertiary/aromatic N) is 2. The molecule has 2 heterocycles. The van der Waals surface area contributed by atoms with E-state index in [1.165, 1.54) is 0 Å². The number of hydrogen-bond acceptors (Lipinski definition) is 5. The van der Waals surface area contributed by atoms with Gasteiger partial charge in [0.2, 0.25) is 5.78 Å². The topological polar surface area (TPSA) is 74.0 Å². The van der Waals surface area contributed by atoms with E-state index in [9.17, 15) is 14.7 Å². The fourth-order valence-corrected chi connectivity index (χ4v) is 5.31. The van der Waals surface area contributed by atoms with E-state index in [0.717, 1.165) is 43.4 Å². The van der Waals surface area contributed by atoms with Gasteiger partial charge < -0.3 is 19.3 Å². The number of Topliss-reactive ketones (excluding diaryl/α,β-unsaturated/α-hetero) is 1. The summed E-state index contributed by atoms with van der Waals surface area (Å²) in [6, 6.07) is 13.8. The highest BCUT2D eigenvalue weighted by atomic mass is 35.5. The fraction of sp³-hybridized carbons (Fsp3) is 0.333. The van der Waals surface area contributed by atoms with Crippen LogP contribution in [-0.2, 0) is 4.79 Å². The maximum atomic E-state index is 13.7. The van der Waals surface area contributed by atoms with E-state index in [1.54, 1.807) is 29.2 Å². The maximum absolute atomic E-state index is 13.7. The number of fused-ring (bicyclic) bond motifs is 1. The van der Waals surface area contributed by atoms with E-state index in [2.05, 4.69) is 0 Å². The molecule has 1 saturated carbocycles. The smallest absolute Gasteiger partial charge is 0.290 e. The van der Waals surface area contributed by atoms with Crippen molar-refractivity contribution in [2.45, 2.75) is 44.2 Å². The number of anilines is 1. The minimum absolute atomic E-state index is 0.0262. The molecule has 1 aromatic heterocycles. The molecule has 7 heteroatoms. The monoisotopic (exact) mass is 478 g/mol. The minimum atomic E-state index is -0.670. The van der Waals surface area contributed by atoms with E-state index in [-0.39, 0.29) is 17.4 Å². The summed E-state index contributed by atoms with van der Waals surface area (Å²) in [5.41, 5.74) is 2.38. The van der Waals surface area contributed by atoms with Crippen LogP contribution in [0.25, 0.3) is 11.0 Å². The van der Waals surface area contributed by atoms with Gasteiger partial charge in [0.05, 0.1) is 11.6 Å². The Bertz CT molecular complexity index is 1290. The first-order valence-electron chi connectivity index (χ1n) is 11.6. The van der Waals surface area contributed by atoms with Crippen molar-refractivity contribution in [1.82, 2.24) is 4.90 Å². The van der Waals surface area contributed by atoms with Gasteiger partial charge in [-0.3, -0.25) is 9.59 Å². The Kier molecular flexibility index (Phi) is 5.86. The predicted molar refractivity (Wildman–Crippen MR) is 132 cm³/mol. The van der Waals surface area contributed by atoms with Crippen LogP contribution in [0.1, 0.15) is 54.3 Å². The number of aliphatic hydroxyl groups excluding tert-OH is 1. The second-order valence-electron chi connectivity index (χ2n) is 9.28. The molecule has 2 aromatic carbocycles. The van der Waals surface area contributed by atoms with Crippen molar-refractivity contribution in [1.29, 1.82) is 0 Å². The Balaban J connectivity index is 1.59. The molecule has 5 rings (SSSR count). The summed E-state index contributed by atoms with van der Waals surface area (Å²) in [4.78, 5) is 30.8. The minimum Gasteiger partial charge on any atom is -0.503 e. The number of ketones is 1. The summed E-state index contributed by atoms with van der Waals surface area (Å²) in [5.74, 6) is -1.39. The molecule has 0 spiro atoms. The van der Waals surface area contributed by atoms with Gasteiger partial charge in [0.25, 0.3) is 5.91 Å². The van der Waals surface area contributed by atoms with Gasteiger partial charge in [-0.25, -0.2) is 0 Å². The SMILES string of the molecule is CN(C)c1ccc(C2C(C(=O)c3cc4cc(Cl)ccc4o3)=C(O)C(=O)N2C2CCCCC2)cc1. The summed E-state index contributed by atoms with van der Waals surface area (Å²) in [7, 11) is 3.91. The number of furan rings is 1. The number of rotatable bonds is 5. The van der Waals surface area contributed by atoms with E-state index in [0.29, 0.717) is 16.0 Å². The lowest BCUT2D eigenvalue weighted by molar-refractivity contribution is -0.132. The number of aliphatic hydroxyl groups is 1. The first kappa shape index (κ1) is 22.5. The quantitative estimate of drug-likeness (QED) is 0.451. The molecule has 6 nitrogen and oxygen atoms in total. The molecule has 0 bridgehead atoms. The average molecular weight is 479 g/mol. The van der Waals surface area contributed by atoms with E-state index >= 15 is 0 Å². The number of hydrogen-bond donors (Lipinski definition) is 1. The molecule has 0 saturated heterocycles. The molecule has 1 fully saturated rings. The van der Waals surface area contributed by atoms with E-state index in [1.807, 2.05) is 43.3 Å². The second kappa shape index (κ2) is 8.84. The first-order valence-corrected chi connectivity index (χ1v) is 12.0. The van der Waals surface area contributed by atoms with Crippen molar-refractivity contribution < 1.29 is 19.1 Å². The zero-order valence-electron chi connectivity index (χ0n) is 19.3. The van der Waals surface area contributed by atoms with Crippen molar-refractivity contribution in [2.75, 3.05) is 19.0 Å². The number of halogens is 1. The third kappa shape index (κ3) is 3.86. The average Bonchev–Trinajstić information content (AvgIpc) is 3.37. The van der Waals surface area contributed by atoms with Crippen molar-refractivity contribution in [3.8, 4) is 0 Å². The van der Waals surface area contributed by atoms with Crippen molar-refractivity contribution >= 4 is 39.9 Å². The number of carbonyl (C=O) groups excluding carboxylic acids is 2. The Morgan fingerprint density at radius 1 is 1.06 bits per heavy atom. The van der Waals surface area contributed by atoms with Crippen LogP contribution in [0.2, 0.25) is 5.02 Å². The molecule has 1 atom stereocenters. The van der Waals surface area contributed by atoms with E-state index < -0.39 is 23.5 Å². The van der Waals surface area contributed by atoms with Gasteiger partial charge in [-0.1, -0.05) is 43.0 Å². The Hall–Kier alpha value is -3.25. The zero-order valence-corrected chi connectivity index (χ0v) is 20.0. The summed E-state index contributed by atoms with van der Waals surface area (Å²) < 4.78 is 5.81. The summed E-state index contributed by atoms with van der Waals surface area (Å²) in [5, 5.41) is 12.2. The molecule has 1 aliphatic heterocycles. The third-order valence-electron chi connectivity index (χ3n) is 6.88. The first-order chi connectivity index (χ1) is 16.3. The normalized spacial score (nSPS) is 19.3. The van der Waals surface area contributed by atoms with Crippen LogP contribution < -0.4 is 4.90 Å². The molecule has 1 unspecified atom stereocenters. The molecule has 0 radical (unpaired) electrons. The second-order valence-corrected chi connectivity index (χ2v) is 9.71. The van der Waals surface area contributed by atoms with Gasteiger partial charge in [-0.15, -0.1) is 0 Å². The lowest BCUT2D eigenvalue weighted by Gasteiger charge is -2.36. The Morgan fingerprint density at radius 3 is 2.44 bits per heavy atom. The Labute approximate surface area is 203 Å². The van der Waals surface area contributed by atoms with Crippen molar-refractivity contribution in [2.24, 2.45) is 0 Å². The highest BCUT2D eigenvalue weighted by molar-refractivity contribution is 6.31. The summed E-state index contributed by atoms with van der Waals surface area (Å²) in [6.07, 6.45) is 4.89. The van der Waals surface area contributed by atoms with Gasteiger partial charge in [-0.2, -0.15) is 0 Å². The summed E-state index contributed by atoms with van der Waals surface area (Å²) >= 11 is 6.09. The third-order valence-corrected chi connectivity index (χ3v) is 7.12. The molecule has 176 valence electrons. The molecule has 2 aliphatic rings. The van der Waals surface area contributed by atoms with Crippen LogP contribution >= 0.6 is 11.6 Å². The van der Waals surface area contributed by atoms with Gasteiger partial charge in [0.1, 0.15) is 5.58 Å². The van der Waals surface area contributed by atoms with Gasteiger partial charge in [0, 0.05) is 36.2 Å². The highest BCUT2D eigenvalue weighted by Gasteiger charge is 2.47. The number of amides is 1. The molecule has 1 N–H and O–H groups in total. The van der Waals surface area contributed by atoms with Crippen LogP contribution in [-0.4, -0.2) is 41.8 Å². The summed E-state index contributed by atoms with van der Waals surface area (Å²) in [6.45, 7) is 0. The van der Waals surface area contributed by atoms with Crippen LogP contribution in [0.4, 0.5) is 5.69 Å². The van der Waals surface area contributed by atoms with Gasteiger partial charge in [-0.05, 0) is 54.8 Å². The molecular formula is C27H27ClN2O4. The zero-order chi connectivity index (χ0) is 24.0. The molecule has 34 heavy (non-hydrogen) atoms. The maximum Gasteiger partial charge on any atom is 0.290 e. The Morgan fingerprint density at radius 2 is 1.76 bits per heavy atom. The number of carbonyl (C=O) groups is 2. The van der Waals surface area contributed by atoms with Gasteiger partial charge >= 0.3 is 0 Å². The lowest BCUT2D eigenvalue weighted by Crippen LogP contribution is -2.41. The molecule has 1 aliphatic carbocycles. The van der Waals surface area contributed by atoms with Crippen molar-refractivity contribution in [3.05, 3.63) is 76.2 Å². The lowest BCUT2D eigenvalue weighted by atomic mass is 9.90. The largest absolute Gasteiger partial charge is 0.503 e. The standard InChI is InChI=1S/C27H27ClN2O4/c1-29(2)19-11-8-16(9-12-19)24-23(26(32)27(33)30(24)20-6-4-3-5-7-20)25(31)22-15-17-14-18(28)10-13-21(17)34-22/h8-15,20,24,32H,3-7H2,1-2H3. The fourth-order valence-electron chi connectivity index (χ4n) is 5.13. The van der Waals surface area contributed by atoms with Gasteiger partial charge in [0.15, 0.2) is 11.5 Å². The van der Waals surface area contributed by atoms with E-state index in [4.69, 9.17) is 16.0 Å². The number of benzene rings is 2. The van der Waals surface area contributed by atoms with Crippen molar-refractivity contribution in [3.63, 3.8) is 0 Å². The molecule has 1 amide bonds. The molecule has 3 aromatic rings. The van der Waals surface area contributed by atoms with Crippen LogP contribution in [0.3, 0.4) is 0 Å². The van der Waals surface area contributed by atoms with Crippen LogP contribution in [0.15, 0.2) is 64.3 Å². The van der Waals surface area contributed by atoms with Crippen LogP contribution in [0.5, 0.6) is 0 Å². The molecular weight excluding hydrogens is 452 g/mol. The highest BCUT2D eigenvalue weighted by Crippen LogP contribution is 2.43. The van der Waals surface area contributed by atoms with Crippen LogP contribution in [0, 0.1) is 0 Å².